The van der Waals surface area contributed by atoms with E-state index in [0.29, 0.717) is 25.1 Å². The SMILES string of the molecule is COc1ccc([C@H](C)NC(=O)[C@@H]2CCCN(S(=O)(=O)c3ccc(OC)c(C)c3)C2)cc1. The van der Waals surface area contributed by atoms with Gasteiger partial charge in [0.25, 0.3) is 0 Å². The molecule has 3 rings (SSSR count). The lowest BCUT2D eigenvalue weighted by atomic mass is 9.98. The zero-order valence-electron chi connectivity index (χ0n) is 18.4. The number of benzene rings is 2. The van der Waals surface area contributed by atoms with Gasteiger partial charge >= 0.3 is 0 Å². The van der Waals surface area contributed by atoms with Crippen molar-refractivity contribution in [2.75, 3.05) is 27.3 Å². The molecule has 1 heterocycles. The average molecular weight is 447 g/mol. The highest BCUT2D eigenvalue weighted by Crippen LogP contribution is 2.28. The van der Waals surface area contributed by atoms with Crippen molar-refractivity contribution in [3.63, 3.8) is 0 Å². The minimum Gasteiger partial charge on any atom is -0.497 e. The highest BCUT2D eigenvalue weighted by molar-refractivity contribution is 7.89. The number of nitrogens with zero attached hydrogens (tertiary/aromatic N) is 1. The Balaban J connectivity index is 1.68. The van der Waals surface area contributed by atoms with Gasteiger partial charge in [0.2, 0.25) is 15.9 Å². The fraction of sp³-hybridized carbons (Fsp3) is 0.435. The van der Waals surface area contributed by atoms with Crippen LogP contribution in [0.3, 0.4) is 0 Å². The van der Waals surface area contributed by atoms with E-state index >= 15 is 0 Å². The molecule has 7 nitrogen and oxygen atoms in total. The molecule has 8 heteroatoms. The molecule has 2 atom stereocenters. The normalized spacial score (nSPS) is 18.3. The van der Waals surface area contributed by atoms with E-state index in [1.165, 1.54) is 4.31 Å². The van der Waals surface area contributed by atoms with Gasteiger partial charge in [0.05, 0.1) is 31.1 Å². The maximum atomic E-state index is 13.2. The first-order chi connectivity index (χ1) is 14.8. The van der Waals surface area contributed by atoms with Gasteiger partial charge in [-0.1, -0.05) is 12.1 Å². The molecule has 2 aromatic carbocycles. The fourth-order valence-corrected chi connectivity index (χ4v) is 5.45. The van der Waals surface area contributed by atoms with Crippen LogP contribution >= 0.6 is 0 Å². The van der Waals surface area contributed by atoms with Gasteiger partial charge in [0, 0.05) is 13.1 Å². The third-order valence-electron chi connectivity index (χ3n) is 5.73. The Bertz CT molecular complexity index is 1020. The summed E-state index contributed by atoms with van der Waals surface area (Å²) >= 11 is 0. The number of carbonyl (C=O) groups is 1. The summed E-state index contributed by atoms with van der Waals surface area (Å²) in [5, 5.41) is 3.02. The quantitative estimate of drug-likeness (QED) is 0.706. The second kappa shape index (κ2) is 9.70. The van der Waals surface area contributed by atoms with Crippen LogP contribution in [0.2, 0.25) is 0 Å². The maximum absolute atomic E-state index is 13.2. The van der Waals surface area contributed by atoms with Gasteiger partial charge in [0.15, 0.2) is 0 Å². The number of methoxy groups -OCH3 is 2. The molecule has 0 spiro atoms. The number of carbonyl (C=O) groups excluding carboxylic acids is 1. The van der Waals surface area contributed by atoms with E-state index in [4.69, 9.17) is 9.47 Å². The lowest BCUT2D eigenvalue weighted by Gasteiger charge is -2.32. The van der Waals surface area contributed by atoms with E-state index in [1.807, 2.05) is 38.1 Å². The molecule has 0 radical (unpaired) electrons. The van der Waals surface area contributed by atoms with Gasteiger partial charge in [-0.3, -0.25) is 4.79 Å². The molecule has 1 aliphatic heterocycles. The topological polar surface area (TPSA) is 84.9 Å². The van der Waals surface area contributed by atoms with Gasteiger partial charge in [0.1, 0.15) is 11.5 Å². The molecule has 1 saturated heterocycles. The summed E-state index contributed by atoms with van der Waals surface area (Å²) in [6.45, 7) is 4.31. The predicted molar refractivity (Wildman–Crippen MR) is 119 cm³/mol. The Morgan fingerprint density at radius 1 is 1.13 bits per heavy atom. The summed E-state index contributed by atoms with van der Waals surface area (Å²) in [5.74, 6) is 0.879. The van der Waals surface area contributed by atoms with Crippen molar-refractivity contribution >= 4 is 15.9 Å². The highest BCUT2D eigenvalue weighted by Gasteiger charge is 2.34. The fourth-order valence-electron chi connectivity index (χ4n) is 3.84. The highest BCUT2D eigenvalue weighted by atomic mass is 32.2. The first-order valence-electron chi connectivity index (χ1n) is 10.4. The molecule has 0 bridgehead atoms. The molecule has 2 aromatic rings. The van der Waals surface area contributed by atoms with Crippen LogP contribution in [-0.2, 0) is 14.8 Å². The van der Waals surface area contributed by atoms with Crippen molar-refractivity contribution in [3.05, 3.63) is 53.6 Å². The smallest absolute Gasteiger partial charge is 0.243 e. The number of piperidine rings is 1. The lowest BCUT2D eigenvalue weighted by Crippen LogP contribution is -2.45. The van der Waals surface area contributed by atoms with Crippen LogP contribution in [0.4, 0.5) is 0 Å². The zero-order chi connectivity index (χ0) is 22.6. The van der Waals surface area contributed by atoms with Gasteiger partial charge < -0.3 is 14.8 Å². The number of hydrogen-bond acceptors (Lipinski definition) is 5. The first-order valence-corrected chi connectivity index (χ1v) is 11.8. The molecular formula is C23H30N2O5S. The third-order valence-corrected chi connectivity index (χ3v) is 7.59. The Kier molecular flexibility index (Phi) is 7.23. The standard InChI is InChI=1S/C23H30N2O5S/c1-16-14-21(11-12-22(16)30-4)31(27,28)25-13-5-6-19(15-25)23(26)24-17(2)18-7-9-20(29-3)10-8-18/h7-12,14,17,19H,5-6,13,15H2,1-4H3,(H,24,26)/t17-,19+/m0/s1. The number of sulfonamides is 1. The van der Waals surface area contributed by atoms with E-state index in [-0.39, 0.29) is 29.3 Å². The van der Waals surface area contributed by atoms with E-state index < -0.39 is 10.0 Å². The average Bonchev–Trinajstić information content (AvgIpc) is 2.79. The van der Waals surface area contributed by atoms with Crippen LogP contribution in [0.25, 0.3) is 0 Å². The van der Waals surface area contributed by atoms with E-state index in [1.54, 1.807) is 32.4 Å². The summed E-state index contributed by atoms with van der Waals surface area (Å²) in [7, 11) is -0.520. The molecule has 1 fully saturated rings. The summed E-state index contributed by atoms with van der Waals surface area (Å²) in [5.41, 5.74) is 1.71. The van der Waals surface area contributed by atoms with Crippen molar-refractivity contribution in [1.29, 1.82) is 0 Å². The summed E-state index contributed by atoms with van der Waals surface area (Å²) in [6.07, 6.45) is 1.30. The zero-order valence-corrected chi connectivity index (χ0v) is 19.2. The summed E-state index contributed by atoms with van der Waals surface area (Å²) < 4.78 is 38.1. The molecule has 0 aliphatic carbocycles. The van der Waals surface area contributed by atoms with Gasteiger partial charge in [-0.25, -0.2) is 8.42 Å². The van der Waals surface area contributed by atoms with Crippen molar-refractivity contribution in [1.82, 2.24) is 9.62 Å². The van der Waals surface area contributed by atoms with Crippen LogP contribution in [0, 0.1) is 12.8 Å². The van der Waals surface area contributed by atoms with Crippen molar-refractivity contribution in [2.45, 2.75) is 37.6 Å². The predicted octanol–water partition coefficient (Wildman–Crippen LogP) is 3.29. The van der Waals surface area contributed by atoms with E-state index in [0.717, 1.165) is 16.9 Å². The number of nitrogens with one attached hydrogen (secondary N) is 1. The minimum atomic E-state index is -3.68. The second-order valence-electron chi connectivity index (χ2n) is 7.84. The van der Waals surface area contributed by atoms with E-state index in [9.17, 15) is 13.2 Å². The number of ether oxygens (including phenoxy) is 2. The minimum absolute atomic E-state index is 0.130. The monoisotopic (exact) mass is 446 g/mol. The summed E-state index contributed by atoms with van der Waals surface area (Å²) in [4.78, 5) is 13.1. The summed E-state index contributed by atoms with van der Waals surface area (Å²) in [6, 6.07) is 12.2. The third kappa shape index (κ3) is 5.19. The number of aryl methyl sites for hydroxylation is 1. The molecule has 1 amide bonds. The van der Waals surface area contributed by atoms with Crippen LogP contribution in [0.15, 0.2) is 47.4 Å². The lowest BCUT2D eigenvalue weighted by molar-refractivity contribution is -0.126. The molecule has 0 unspecified atom stereocenters. The Morgan fingerprint density at radius 3 is 2.45 bits per heavy atom. The molecule has 0 aromatic heterocycles. The second-order valence-corrected chi connectivity index (χ2v) is 9.78. The van der Waals surface area contributed by atoms with Gasteiger partial charge in [-0.15, -0.1) is 0 Å². The van der Waals surface area contributed by atoms with Crippen LogP contribution < -0.4 is 14.8 Å². The first kappa shape index (κ1) is 23.1. The van der Waals surface area contributed by atoms with Gasteiger partial charge in [-0.2, -0.15) is 4.31 Å². The largest absolute Gasteiger partial charge is 0.497 e. The van der Waals surface area contributed by atoms with E-state index in [2.05, 4.69) is 5.32 Å². The number of hydrogen-bond donors (Lipinski definition) is 1. The molecular weight excluding hydrogens is 416 g/mol. The van der Waals surface area contributed by atoms with Crippen molar-refractivity contribution in [3.8, 4) is 11.5 Å². The van der Waals surface area contributed by atoms with Gasteiger partial charge in [-0.05, 0) is 68.1 Å². The Morgan fingerprint density at radius 2 is 1.84 bits per heavy atom. The van der Waals surface area contributed by atoms with Crippen molar-refractivity contribution in [2.24, 2.45) is 5.92 Å². The van der Waals surface area contributed by atoms with Crippen LogP contribution in [0.5, 0.6) is 11.5 Å². The van der Waals surface area contributed by atoms with Crippen LogP contribution in [-0.4, -0.2) is 45.9 Å². The number of amides is 1. The van der Waals surface area contributed by atoms with Crippen molar-refractivity contribution < 1.29 is 22.7 Å². The van der Waals surface area contributed by atoms with Crippen LogP contribution in [0.1, 0.15) is 36.9 Å². The molecule has 31 heavy (non-hydrogen) atoms. The Labute approximate surface area is 184 Å². The molecule has 168 valence electrons. The molecule has 1 N–H and O–H groups in total. The Hall–Kier alpha value is -2.58. The molecule has 1 aliphatic rings. The number of rotatable bonds is 7. The maximum Gasteiger partial charge on any atom is 0.243 e. The molecule has 0 saturated carbocycles.